The van der Waals surface area contributed by atoms with E-state index in [1.54, 1.807) is 13.0 Å². The van der Waals surface area contributed by atoms with Crippen LogP contribution < -0.4 is 0 Å². The Morgan fingerprint density at radius 2 is 2.00 bits per heavy atom. The van der Waals surface area contributed by atoms with Crippen LogP contribution in [0.3, 0.4) is 0 Å². The largest absolute Gasteiger partial charge is 0.481 e. The molecule has 0 bridgehead atoms. The second-order valence-electron chi connectivity index (χ2n) is 4.14. The maximum atomic E-state index is 12.0. The Morgan fingerprint density at radius 3 is 2.41 bits per heavy atom. The summed E-state index contributed by atoms with van der Waals surface area (Å²) in [6, 6.07) is 0. The topological polar surface area (TPSA) is 63.6 Å². The molecule has 0 radical (unpaired) electrons. The van der Waals surface area contributed by atoms with Crippen LogP contribution in [0, 0.1) is 5.41 Å². The highest BCUT2D eigenvalue weighted by atomic mass is 16.5. The van der Waals surface area contributed by atoms with Crippen LogP contribution in [0.15, 0.2) is 12.7 Å². The van der Waals surface area contributed by atoms with Crippen LogP contribution in [0.4, 0.5) is 0 Å². The molecule has 0 heterocycles. The molecule has 0 aromatic heterocycles. The first-order valence-electron chi connectivity index (χ1n) is 6.02. The van der Waals surface area contributed by atoms with Gasteiger partial charge < -0.3 is 9.84 Å². The van der Waals surface area contributed by atoms with Gasteiger partial charge in [0.15, 0.2) is 0 Å². The zero-order valence-corrected chi connectivity index (χ0v) is 10.7. The van der Waals surface area contributed by atoms with Gasteiger partial charge in [-0.05, 0) is 26.2 Å². The molecule has 4 nitrogen and oxygen atoms in total. The van der Waals surface area contributed by atoms with E-state index in [9.17, 15) is 9.59 Å². The van der Waals surface area contributed by atoms with Crippen LogP contribution >= 0.6 is 0 Å². The Bertz CT molecular complexity index is 273. The molecule has 0 amide bonds. The Labute approximate surface area is 103 Å². The maximum absolute atomic E-state index is 12.0. The first-order valence-corrected chi connectivity index (χ1v) is 6.02. The van der Waals surface area contributed by atoms with Crippen LogP contribution in [-0.4, -0.2) is 23.7 Å². The lowest BCUT2D eigenvalue weighted by Crippen LogP contribution is -2.33. The van der Waals surface area contributed by atoms with Crippen molar-refractivity contribution in [3.8, 4) is 0 Å². The molecule has 1 atom stereocenters. The zero-order valence-electron chi connectivity index (χ0n) is 10.7. The molecule has 0 aliphatic rings. The normalized spacial score (nSPS) is 13.8. The number of hydrogen-bond donors (Lipinski definition) is 1. The Hall–Kier alpha value is -1.32. The van der Waals surface area contributed by atoms with Crippen LogP contribution in [0.1, 0.15) is 46.0 Å². The van der Waals surface area contributed by atoms with E-state index in [0.717, 1.165) is 6.42 Å². The highest BCUT2D eigenvalue weighted by molar-refractivity contribution is 5.78. The molecular formula is C13H22O4. The average Bonchev–Trinajstić information content (AvgIpc) is 2.26. The molecule has 0 fully saturated rings. The van der Waals surface area contributed by atoms with Crippen LogP contribution in [0.5, 0.6) is 0 Å². The van der Waals surface area contributed by atoms with E-state index >= 15 is 0 Å². The smallest absolute Gasteiger partial charge is 0.312 e. The number of carbonyl (C=O) groups is 2. The number of carboxylic acids is 1. The molecule has 0 saturated heterocycles. The van der Waals surface area contributed by atoms with E-state index in [1.165, 1.54) is 0 Å². The lowest BCUT2D eigenvalue weighted by atomic mass is 9.76. The predicted molar refractivity (Wildman–Crippen MR) is 65.7 cm³/mol. The highest BCUT2D eigenvalue weighted by Gasteiger charge is 2.37. The van der Waals surface area contributed by atoms with Crippen LogP contribution in [0.2, 0.25) is 0 Å². The van der Waals surface area contributed by atoms with Gasteiger partial charge in [0.1, 0.15) is 0 Å². The molecule has 0 aromatic rings. The van der Waals surface area contributed by atoms with Crippen molar-refractivity contribution in [2.24, 2.45) is 5.41 Å². The monoisotopic (exact) mass is 242 g/mol. The van der Waals surface area contributed by atoms with E-state index in [4.69, 9.17) is 9.84 Å². The fourth-order valence-electron chi connectivity index (χ4n) is 2.00. The maximum Gasteiger partial charge on any atom is 0.312 e. The molecule has 0 rings (SSSR count). The number of hydrogen-bond acceptors (Lipinski definition) is 3. The second kappa shape index (κ2) is 7.87. The van der Waals surface area contributed by atoms with Gasteiger partial charge in [0.05, 0.1) is 12.0 Å². The quantitative estimate of drug-likeness (QED) is 0.499. The number of allylic oxidation sites excluding steroid dienone is 1. The fourth-order valence-corrected chi connectivity index (χ4v) is 2.00. The first kappa shape index (κ1) is 15.7. The SMILES string of the molecule is C=CCC(CCC)(CCC(=O)O)C(=O)OCC. The average molecular weight is 242 g/mol. The van der Waals surface area contributed by atoms with E-state index in [2.05, 4.69) is 6.58 Å². The van der Waals surface area contributed by atoms with Gasteiger partial charge in [0, 0.05) is 6.42 Å². The summed E-state index contributed by atoms with van der Waals surface area (Å²) in [5, 5.41) is 8.75. The van der Waals surface area contributed by atoms with Gasteiger partial charge in [0.25, 0.3) is 0 Å². The number of carboxylic acid groups (broad SMARTS) is 1. The van der Waals surface area contributed by atoms with Gasteiger partial charge in [-0.15, -0.1) is 6.58 Å². The third-order valence-electron chi connectivity index (χ3n) is 2.79. The number of ether oxygens (including phenoxy) is 1. The summed E-state index contributed by atoms with van der Waals surface area (Å²) in [5.74, 6) is -1.19. The second-order valence-corrected chi connectivity index (χ2v) is 4.14. The lowest BCUT2D eigenvalue weighted by Gasteiger charge is -2.29. The molecule has 98 valence electrons. The molecular weight excluding hydrogens is 220 g/mol. The van der Waals surface area contributed by atoms with Crippen molar-refractivity contribution in [2.75, 3.05) is 6.61 Å². The molecule has 1 unspecified atom stereocenters. The Morgan fingerprint density at radius 1 is 1.35 bits per heavy atom. The molecule has 0 saturated carbocycles. The Kier molecular flexibility index (Phi) is 7.26. The zero-order chi connectivity index (χ0) is 13.3. The molecule has 1 N–H and O–H groups in total. The summed E-state index contributed by atoms with van der Waals surface area (Å²) in [6.07, 6.45) is 3.85. The Balaban J connectivity index is 4.88. The van der Waals surface area contributed by atoms with Gasteiger partial charge in [0.2, 0.25) is 0 Å². The summed E-state index contributed by atoms with van der Waals surface area (Å²) < 4.78 is 5.07. The molecule has 0 spiro atoms. The molecule has 0 aliphatic heterocycles. The predicted octanol–water partition coefficient (Wildman–Crippen LogP) is 2.78. The van der Waals surface area contributed by atoms with Gasteiger partial charge >= 0.3 is 11.9 Å². The minimum atomic E-state index is -0.890. The van der Waals surface area contributed by atoms with Gasteiger partial charge in [-0.1, -0.05) is 19.4 Å². The number of esters is 1. The van der Waals surface area contributed by atoms with Crippen molar-refractivity contribution >= 4 is 11.9 Å². The number of aliphatic carboxylic acids is 1. The van der Waals surface area contributed by atoms with Crippen LogP contribution in [-0.2, 0) is 14.3 Å². The summed E-state index contributed by atoms with van der Waals surface area (Å²) in [4.78, 5) is 22.7. The minimum Gasteiger partial charge on any atom is -0.481 e. The highest BCUT2D eigenvalue weighted by Crippen LogP contribution is 2.35. The number of carbonyl (C=O) groups excluding carboxylic acids is 1. The van der Waals surface area contributed by atoms with Gasteiger partial charge in [-0.3, -0.25) is 9.59 Å². The summed E-state index contributed by atoms with van der Waals surface area (Å²) in [6.45, 7) is 7.68. The summed E-state index contributed by atoms with van der Waals surface area (Å²) >= 11 is 0. The van der Waals surface area contributed by atoms with Crippen LogP contribution in [0.25, 0.3) is 0 Å². The van der Waals surface area contributed by atoms with Crippen molar-refractivity contribution in [3.63, 3.8) is 0 Å². The van der Waals surface area contributed by atoms with Crippen molar-refractivity contribution in [3.05, 3.63) is 12.7 Å². The third-order valence-corrected chi connectivity index (χ3v) is 2.79. The first-order chi connectivity index (χ1) is 8.02. The molecule has 4 heteroatoms. The van der Waals surface area contributed by atoms with Crippen molar-refractivity contribution in [2.45, 2.75) is 46.0 Å². The number of rotatable bonds is 9. The molecule has 17 heavy (non-hydrogen) atoms. The third kappa shape index (κ3) is 5.02. The molecule has 0 aromatic carbocycles. The van der Waals surface area contributed by atoms with Gasteiger partial charge in [-0.2, -0.15) is 0 Å². The lowest BCUT2D eigenvalue weighted by molar-refractivity contribution is -0.157. The van der Waals surface area contributed by atoms with E-state index in [1.807, 2.05) is 6.92 Å². The van der Waals surface area contributed by atoms with E-state index < -0.39 is 11.4 Å². The summed E-state index contributed by atoms with van der Waals surface area (Å²) in [7, 11) is 0. The molecule has 0 aliphatic carbocycles. The van der Waals surface area contributed by atoms with E-state index in [0.29, 0.717) is 25.9 Å². The summed E-state index contributed by atoms with van der Waals surface area (Å²) in [5.41, 5.74) is -0.717. The van der Waals surface area contributed by atoms with Crippen molar-refractivity contribution in [1.82, 2.24) is 0 Å². The standard InChI is InChI=1S/C13H22O4/c1-4-8-13(9-5-2,10-7-11(14)15)12(16)17-6-3/h4H,1,5-10H2,2-3H3,(H,14,15). The minimum absolute atomic E-state index is 0.0212. The van der Waals surface area contributed by atoms with E-state index in [-0.39, 0.29) is 12.4 Å². The fraction of sp³-hybridized carbons (Fsp3) is 0.692. The van der Waals surface area contributed by atoms with Crippen molar-refractivity contribution in [1.29, 1.82) is 0 Å². The van der Waals surface area contributed by atoms with Gasteiger partial charge in [-0.25, -0.2) is 0 Å². The van der Waals surface area contributed by atoms with Crippen molar-refractivity contribution < 1.29 is 19.4 Å².